The lowest BCUT2D eigenvalue weighted by Crippen LogP contribution is -2.14. The van der Waals surface area contributed by atoms with Crippen LogP contribution in [0, 0.1) is 0 Å². The molecular formula is C17H19Cl2NO. The van der Waals surface area contributed by atoms with Gasteiger partial charge in [0, 0.05) is 27.7 Å². The van der Waals surface area contributed by atoms with E-state index < -0.39 is 0 Å². The second kappa shape index (κ2) is 8.28. The van der Waals surface area contributed by atoms with Crippen LogP contribution in [0.4, 0.5) is 0 Å². The molecule has 0 aliphatic heterocycles. The van der Waals surface area contributed by atoms with Crippen LogP contribution in [0.1, 0.15) is 24.5 Å². The van der Waals surface area contributed by atoms with Crippen molar-refractivity contribution in [3.8, 4) is 5.75 Å². The summed E-state index contributed by atoms with van der Waals surface area (Å²) in [6, 6.07) is 13.5. The molecule has 0 amide bonds. The summed E-state index contributed by atoms with van der Waals surface area (Å²) in [7, 11) is 0. The van der Waals surface area contributed by atoms with Gasteiger partial charge >= 0.3 is 0 Å². The molecule has 0 aromatic heterocycles. The Kier molecular flexibility index (Phi) is 6.37. The third kappa shape index (κ3) is 4.92. The molecule has 0 saturated carbocycles. The van der Waals surface area contributed by atoms with Gasteiger partial charge in [0.15, 0.2) is 0 Å². The molecule has 2 aromatic rings. The summed E-state index contributed by atoms with van der Waals surface area (Å²) in [5, 5.41) is 4.65. The average Bonchev–Trinajstić information content (AvgIpc) is 2.48. The number of ether oxygens (including phenoxy) is 1. The minimum absolute atomic E-state index is 0.431. The van der Waals surface area contributed by atoms with Crippen LogP contribution in [0.2, 0.25) is 10.0 Å². The van der Waals surface area contributed by atoms with Crippen LogP contribution in [0.5, 0.6) is 5.75 Å². The highest BCUT2D eigenvalue weighted by molar-refractivity contribution is 6.35. The molecule has 0 radical (unpaired) electrons. The van der Waals surface area contributed by atoms with Gasteiger partial charge in [-0.1, -0.05) is 54.4 Å². The van der Waals surface area contributed by atoms with E-state index in [1.165, 1.54) is 0 Å². The Balaban J connectivity index is 2.02. The van der Waals surface area contributed by atoms with Crippen LogP contribution in [-0.2, 0) is 13.2 Å². The Morgan fingerprint density at radius 3 is 2.62 bits per heavy atom. The molecule has 0 unspecified atom stereocenters. The zero-order valence-corrected chi connectivity index (χ0v) is 13.5. The summed E-state index contributed by atoms with van der Waals surface area (Å²) >= 11 is 12.1. The quantitative estimate of drug-likeness (QED) is 0.718. The highest BCUT2D eigenvalue weighted by Crippen LogP contribution is 2.24. The molecular weight excluding hydrogens is 305 g/mol. The minimum atomic E-state index is 0.431. The van der Waals surface area contributed by atoms with Gasteiger partial charge in [-0.3, -0.25) is 0 Å². The SMILES string of the molecule is CCCNCc1ccccc1OCc1ccc(Cl)cc1Cl. The van der Waals surface area contributed by atoms with E-state index in [9.17, 15) is 0 Å². The van der Waals surface area contributed by atoms with Crippen molar-refractivity contribution in [1.82, 2.24) is 5.32 Å². The molecule has 2 aromatic carbocycles. The maximum Gasteiger partial charge on any atom is 0.124 e. The predicted octanol–water partition coefficient (Wildman–Crippen LogP) is 5.07. The molecule has 0 fully saturated rings. The van der Waals surface area contributed by atoms with E-state index >= 15 is 0 Å². The van der Waals surface area contributed by atoms with E-state index in [0.717, 1.165) is 36.4 Å². The van der Waals surface area contributed by atoms with Gasteiger partial charge in [0.25, 0.3) is 0 Å². The van der Waals surface area contributed by atoms with Crippen LogP contribution < -0.4 is 10.1 Å². The molecule has 0 aliphatic rings. The van der Waals surface area contributed by atoms with Crippen molar-refractivity contribution in [3.63, 3.8) is 0 Å². The van der Waals surface area contributed by atoms with Gasteiger partial charge in [-0.15, -0.1) is 0 Å². The summed E-state index contributed by atoms with van der Waals surface area (Å²) in [4.78, 5) is 0. The summed E-state index contributed by atoms with van der Waals surface area (Å²) < 4.78 is 5.91. The van der Waals surface area contributed by atoms with E-state index in [1.807, 2.05) is 30.3 Å². The largest absolute Gasteiger partial charge is 0.489 e. The maximum atomic E-state index is 6.16. The molecule has 0 atom stereocenters. The van der Waals surface area contributed by atoms with Crippen LogP contribution >= 0.6 is 23.2 Å². The molecule has 0 saturated heterocycles. The number of benzene rings is 2. The second-order valence-electron chi connectivity index (χ2n) is 4.81. The van der Waals surface area contributed by atoms with Crippen molar-refractivity contribution in [2.75, 3.05) is 6.54 Å². The first-order chi connectivity index (χ1) is 10.2. The van der Waals surface area contributed by atoms with Crippen molar-refractivity contribution in [3.05, 3.63) is 63.6 Å². The first-order valence-electron chi connectivity index (χ1n) is 7.06. The number of halogens is 2. The fourth-order valence-corrected chi connectivity index (χ4v) is 2.45. The smallest absolute Gasteiger partial charge is 0.124 e. The summed E-state index contributed by atoms with van der Waals surface area (Å²) in [6.45, 7) is 4.38. The number of nitrogens with one attached hydrogen (secondary N) is 1. The van der Waals surface area contributed by atoms with Gasteiger partial charge in [0.1, 0.15) is 12.4 Å². The van der Waals surface area contributed by atoms with Crippen LogP contribution in [0.25, 0.3) is 0 Å². The van der Waals surface area contributed by atoms with E-state index in [2.05, 4.69) is 18.3 Å². The van der Waals surface area contributed by atoms with Crippen LogP contribution in [-0.4, -0.2) is 6.54 Å². The first kappa shape index (κ1) is 16.2. The van der Waals surface area contributed by atoms with Crippen molar-refractivity contribution < 1.29 is 4.74 Å². The first-order valence-corrected chi connectivity index (χ1v) is 7.81. The van der Waals surface area contributed by atoms with Crippen molar-refractivity contribution in [2.24, 2.45) is 0 Å². The van der Waals surface area contributed by atoms with Crippen LogP contribution in [0.3, 0.4) is 0 Å². The van der Waals surface area contributed by atoms with E-state index in [1.54, 1.807) is 6.07 Å². The third-order valence-electron chi connectivity index (χ3n) is 3.11. The number of rotatable bonds is 7. The number of hydrogen-bond acceptors (Lipinski definition) is 2. The minimum Gasteiger partial charge on any atom is -0.489 e. The van der Waals surface area contributed by atoms with Crippen molar-refractivity contribution in [1.29, 1.82) is 0 Å². The van der Waals surface area contributed by atoms with Crippen molar-refractivity contribution >= 4 is 23.2 Å². The molecule has 0 heterocycles. The average molecular weight is 324 g/mol. The molecule has 0 spiro atoms. The molecule has 1 N–H and O–H groups in total. The monoisotopic (exact) mass is 323 g/mol. The molecule has 0 aliphatic carbocycles. The standard InChI is InChI=1S/C17H19Cl2NO/c1-2-9-20-11-13-5-3-4-6-17(13)21-12-14-7-8-15(18)10-16(14)19/h3-8,10,20H,2,9,11-12H2,1H3. The predicted molar refractivity (Wildman–Crippen MR) is 89.2 cm³/mol. The molecule has 21 heavy (non-hydrogen) atoms. The Bertz CT molecular complexity index is 587. The highest BCUT2D eigenvalue weighted by atomic mass is 35.5. The summed E-state index contributed by atoms with van der Waals surface area (Å²) in [5.41, 5.74) is 2.08. The van der Waals surface area contributed by atoms with E-state index in [-0.39, 0.29) is 0 Å². The normalized spacial score (nSPS) is 10.6. The molecule has 4 heteroatoms. The Labute approximate surface area is 136 Å². The van der Waals surface area contributed by atoms with Crippen LogP contribution in [0.15, 0.2) is 42.5 Å². The zero-order valence-electron chi connectivity index (χ0n) is 12.0. The summed E-state index contributed by atoms with van der Waals surface area (Å²) in [5.74, 6) is 0.882. The van der Waals surface area contributed by atoms with Gasteiger partial charge < -0.3 is 10.1 Å². The lowest BCUT2D eigenvalue weighted by Gasteiger charge is -2.13. The lowest BCUT2D eigenvalue weighted by atomic mass is 10.2. The summed E-state index contributed by atoms with van der Waals surface area (Å²) in [6.07, 6.45) is 1.11. The van der Waals surface area contributed by atoms with Gasteiger partial charge in [0.05, 0.1) is 0 Å². The molecule has 112 valence electrons. The second-order valence-corrected chi connectivity index (χ2v) is 5.65. The molecule has 2 rings (SSSR count). The van der Waals surface area contributed by atoms with Gasteiger partial charge in [0.2, 0.25) is 0 Å². The molecule has 0 bridgehead atoms. The topological polar surface area (TPSA) is 21.3 Å². The molecule has 2 nitrogen and oxygen atoms in total. The fourth-order valence-electron chi connectivity index (χ4n) is 1.98. The van der Waals surface area contributed by atoms with E-state index in [4.69, 9.17) is 27.9 Å². The number of para-hydroxylation sites is 1. The highest BCUT2D eigenvalue weighted by Gasteiger charge is 2.05. The van der Waals surface area contributed by atoms with E-state index in [0.29, 0.717) is 16.7 Å². The van der Waals surface area contributed by atoms with Gasteiger partial charge in [-0.2, -0.15) is 0 Å². The maximum absolute atomic E-state index is 6.16. The van der Waals surface area contributed by atoms with Gasteiger partial charge in [-0.05, 0) is 31.2 Å². The zero-order chi connectivity index (χ0) is 15.1. The van der Waals surface area contributed by atoms with Gasteiger partial charge in [-0.25, -0.2) is 0 Å². The third-order valence-corrected chi connectivity index (χ3v) is 3.70. The van der Waals surface area contributed by atoms with Crippen molar-refractivity contribution in [2.45, 2.75) is 26.5 Å². The fraction of sp³-hybridized carbons (Fsp3) is 0.294. The lowest BCUT2D eigenvalue weighted by molar-refractivity contribution is 0.302. The Hall–Kier alpha value is -1.22. The Morgan fingerprint density at radius 1 is 1.05 bits per heavy atom. The Morgan fingerprint density at radius 2 is 1.86 bits per heavy atom. The number of hydrogen-bond donors (Lipinski definition) is 1.